The first-order chi connectivity index (χ1) is 20.2. The third kappa shape index (κ3) is 40.5. The molecule has 0 rings (SSSR count). The van der Waals surface area contributed by atoms with Crippen LogP contribution in [0.15, 0.2) is 37.5 Å². The van der Waals surface area contributed by atoms with E-state index in [2.05, 4.69) is 51.3 Å². The third-order valence-electron chi connectivity index (χ3n) is 7.51. The van der Waals surface area contributed by atoms with Gasteiger partial charge in [-0.1, -0.05) is 141 Å². The van der Waals surface area contributed by atoms with Crippen molar-refractivity contribution in [1.82, 2.24) is 0 Å². The molecule has 248 valence electrons. The van der Waals surface area contributed by atoms with Gasteiger partial charge in [-0.2, -0.15) is 0 Å². The fraction of sp³-hybridized carbons (Fsp3) is 0.789. The van der Waals surface area contributed by atoms with Gasteiger partial charge >= 0.3 is 11.9 Å². The minimum Gasteiger partial charge on any atom is -0.412 e. The van der Waals surface area contributed by atoms with Gasteiger partial charge in [0, 0.05) is 12.8 Å². The third-order valence-corrected chi connectivity index (χ3v) is 7.51. The first-order valence-electron chi connectivity index (χ1n) is 17.7. The van der Waals surface area contributed by atoms with E-state index in [4.69, 9.17) is 4.74 Å². The van der Waals surface area contributed by atoms with Crippen LogP contribution in [0.2, 0.25) is 0 Å². The zero-order valence-corrected chi connectivity index (χ0v) is 28.2. The highest BCUT2D eigenvalue weighted by molar-refractivity contribution is 5.85. The van der Waals surface area contributed by atoms with E-state index in [-0.39, 0.29) is 17.4 Å². The Bertz CT molecular complexity index is 546. The number of esters is 2. The molecule has 0 amide bonds. The lowest BCUT2D eigenvalue weighted by molar-refractivity contribution is -0.159. The zero-order valence-electron chi connectivity index (χ0n) is 28.2. The highest BCUT2D eigenvalue weighted by Crippen LogP contribution is 2.12. The number of hydrogen-bond acceptors (Lipinski definition) is 3. The van der Waals surface area contributed by atoms with Crippen LogP contribution in [0.25, 0.3) is 0 Å². The predicted octanol–water partition coefficient (Wildman–Crippen LogP) is 12.1. The van der Waals surface area contributed by atoms with Gasteiger partial charge in [0.15, 0.2) is 0 Å². The molecule has 0 aromatic rings. The van der Waals surface area contributed by atoms with Crippen LogP contribution in [0, 0.1) is 0 Å². The molecule has 0 aliphatic rings. The topological polar surface area (TPSA) is 74.9 Å². The smallest absolute Gasteiger partial charge is 0.313 e. The van der Waals surface area contributed by atoms with Gasteiger partial charge < -0.3 is 10.2 Å². The van der Waals surface area contributed by atoms with Crippen LogP contribution in [0.3, 0.4) is 0 Å². The van der Waals surface area contributed by atoms with E-state index in [0.717, 1.165) is 38.5 Å². The van der Waals surface area contributed by atoms with E-state index in [1.54, 1.807) is 0 Å². The molecule has 0 aliphatic carbocycles. The number of ether oxygens (including phenoxy) is 1. The molecule has 0 aromatic carbocycles. The Hall–Kier alpha value is -1.68. The van der Waals surface area contributed by atoms with Crippen LogP contribution in [-0.2, 0) is 14.3 Å². The molecule has 0 unspecified atom stereocenters. The molecular weight excluding hydrogens is 520 g/mol. The van der Waals surface area contributed by atoms with Crippen LogP contribution < -0.4 is 0 Å². The highest BCUT2D eigenvalue weighted by atomic mass is 16.6. The lowest BCUT2D eigenvalue weighted by Gasteiger charge is -2.04. The summed E-state index contributed by atoms with van der Waals surface area (Å²) in [5.74, 6) is -0.684. The zero-order chi connectivity index (χ0) is 30.5. The van der Waals surface area contributed by atoms with Crippen LogP contribution >= 0.6 is 0 Å². The Labute approximate surface area is 262 Å². The summed E-state index contributed by atoms with van der Waals surface area (Å²) in [5, 5.41) is 0. The second-order valence-electron chi connectivity index (χ2n) is 11.5. The number of carbonyl (C=O) groups is 2. The van der Waals surface area contributed by atoms with Crippen LogP contribution in [0.1, 0.15) is 194 Å². The molecule has 0 saturated heterocycles. The number of rotatable bonds is 30. The van der Waals surface area contributed by atoms with Gasteiger partial charge in [0.25, 0.3) is 0 Å². The second kappa shape index (κ2) is 41.5. The van der Waals surface area contributed by atoms with Gasteiger partial charge in [0.05, 0.1) is 0 Å². The van der Waals surface area contributed by atoms with Gasteiger partial charge in [-0.05, 0) is 64.2 Å². The molecule has 4 nitrogen and oxygen atoms in total. The first kappa shape index (κ1) is 44.8. The van der Waals surface area contributed by atoms with E-state index in [9.17, 15) is 9.59 Å². The minimum atomic E-state index is -0.342. The Morgan fingerprint density at radius 3 is 0.952 bits per heavy atom. The normalized spacial score (nSPS) is 10.9. The van der Waals surface area contributed by atoms with Gasteiger partial charge in [-0.25, -0.2) is 0 Å². The fourth-order valence-corrected chi connectivity index (χ4v) is 4.91. The summed E-state index contributed by atoms with van der Waals surface area (Å²) in [6, 6.07) is 0. The Morgan fingerprint density at radius 1 is 0.429 bits per heavy atom. The monoisotopic (exact) mass is 593 g/mol. The number of hydrogen-bond donors (Lipinski definition) is 0. The Balaban J connectivity index is -0.00000495. The molecule has 0 heterocycles. The Kier molecular flexibility index (Phi) is 44.2. The van der Waals surface area contributed by atoms with Gasteiger partial charge in [0.2, 0.25) is 0 Å². The maximum Gasteiger partial charge on any atom is 0.313 e. The molecule has 0 aliphatic heterocycles. The van der Waals surface area contributed by atoms with Crippen LogP contribution in [0.4, 0.5) is 0 Å². The number of carbonyl (C=O) groups excluding carboxylic acids is 2. The van der Waals surface area contributed by atoms with Crippen molar-refractivity contribution in [3.8, 4) is 0 Å². The van der Waals surface area contributed by atoms with Gasteiger partial charge in [-0.15, -0.1) is 13.2 Å². The molecule has 0 atom stereocenters. The standard InChI is InChI=1S/C36H66O3.C2H4.H2O/c1-3-5-7-9-11-13-15-17-19-21-23-25-27-29-31-33-35(37)39-36(38)34-32-30-28-26-24-22-20-18-16-14-12-10-8-6-4-2;1-2;/h17-20H,3-16,21-34H2,1-2H3;1-2H2;1H2/b19-17-,20-18?;;. The predicted molar refractivity (Wildman–Crippen MR) is 185 cm³/mol. The van der Waals surface area contributed by atoms with E-state index in [0.29, 0.717) is 12.8 Å². The van der Waals surface area contributed by atoms with E-state index in [1.165, 1.54) is 128 Å². The molecule has 0 aromatic heterocycles. The van der Waals surface area contributed by atoms with E-state index < -0.39 is 0 Å². The van der Waals surface area contributed by atoms with Gasteiger partial charge in [0.1, 0.15) is 0 Å². The molecule has 0 spiro atoms. The van der Waals surface area contributed by atoms with Crippen molar-refractivity contribution in [2.24, 2.45) is 0 Å². The second-order valence-corrected chi connectivity index (χ2v) is 11.5. The molecule has 0 saturated carbocycles. The quantitative estimate of drug-likeness (QED) is 0.0360. The van der Waals surface area contributed by atoms with Crippen molar-refractivity contribution in [2.75, 3.05) is 0 Å². The summed E-state index contributed by atoms with van der Waals surface area (Å²) in [5.41, 5.74) is 0. The summed E-state index contributed by atoms with van der Waals surface area (Å²) in [7, 11) is 0. The molecule has 0 fully saturated rings. The largest absolute Gasteiger partial charge is 0.412 e. The summed E-state index contributed by atoms with van der Waals surface area (Å²) in [6.45, 7) is 10.5. The Morgan fingerprint density at radius 2 is 0.667 bits per heavy atom. The highest BCUT2D eigenvalue weighted by Gasteiger charge is 2.09. The molecule has 0 radical (unpaired) electrons. The van der Waals surface area contributed by atoms with E-state index >= 15 is 0 Å². The SMILES string of the molecule is C=C.CCCCCCCCC=CCCCCCCCC(=O)OC(=O)CCCCCCC/C=C\CCCCCCCC.O. The number of unbranched alkanes of at least 4 members (excludes halogenated alkanes) is 22. The summed E-state index contributed by atoms with van der Waals surface area (Å²) >= 11 is 0. The maximum atomic E-state index is 11.9. The van der Waals surface area contributed by atoms with Crippen molar-refractivity contribution < 1.29 is 19.8 Å². The molecule has 0 bridgehead atoms. The lowest BCUT2D eigenvalue weighted by atomic mass is 10.1. The van der Waals surface area contributed by atoms with Crippen molar-refractivity contribution in [2.45, 2.75) is 194 Å². The van der Waals surface area contributed by atoms with Crippen molar-refractivity contribution in [3.05, 3.63) is 37.5 Å². The molecule has 42 heavy (non-hydrogen) atoms. The van der Waals surface area contributed by atoms with Crippen molar-refractivity contribution in [3.63, 3.8) is 0 Å². The van der Waals surface area contributed by atoms with Crippen LogP contribution in [0.5, 0.6) is 0 Å². The van der Waals surface area contributed by atoms with E-state index in [1.807, 2.05) is 0 Å². The summed E-state index contributed by atoms with van der Waals surface area (Å²) in [4.78, 5) is 23.8. The summed E-state index contributed by atoms with van der Waals surface area (Å²) in [6.07, 6.45) is 42.2. The minimum absolute atomic E-state index is 0. The average Bonchev–Trinajstić information content (AvgIpc) is 2.98. The fourth-order valence-electron chi connectivity index (χ4n) is 4.91. The summed E-state index contributed by atoms with van der Waals surface area (Å²) < 4.78 is 4.99. The lowest BCUT2D eigenvalue weighted by Crippen LogP contribution is -2.11. The molecule has 2 N–H and O–H groups in total. The van der Waals surface area contributed by atoms with Gasteiger partial charge in [-0.3, -0.25) is 9.59 Å². The maximum absolute atomic E-state index is 11.9. The average molecular weight is 593 g/mol. The van der Waals surface area contributed by atoms with Crippen molar-refractivity contribution >= 4 is 11.9 Å². The molecule has 4 heteroatoms. The number of allylic oxidation sites excluding steroid dienone is 4. The van der Waals surface area contributed by atoms with Crippen LogP contribution in [-0.4, -0.2) is 17.4 Å². The molecular formula is C38H72O4. The van der Waals surface area contributed by atoms with Crippen molar-refractivity contribution in [1.29, 1.82) is 0 Å². The first-order valence-corrected chi connectivity index (χ1v) is 17.7.